The Balaban J connectivity index is 2.24. The first kappa shape index (κ1) is 24.1. The van der Waals surface area contributed by atoms with E-state index < -0.39 is 5.41 Å². The number of hydrogen-bond donors (Lipinski definition) is 0. The second-order valence-corrected chi connectivity index (χ2v) is 8.22. The van der Waals surface area contributed by atoms with E-state index in [1.807, 2.05) is 48.5 Å². The van der Waals surface area contributed by atoms with Crippen LogP contribution < -0.4 is 9.47 Å². The topological polar surface area (TPSA) is 52.6 Å². The maximum absolute atomic E-state index is 11.8. The SMILES string of the molecule is C=C(C)C(=O)CCOc1ccccc1C(C)(C)c1ccccc1OCCC(=O)C(=C)C. The number of ether oxygens (including phenoxy) is 2. The molecule has 0 aliphatic heterocycles. The van der Waals surface area contributed by atoms with Crippen molar-refractivity contribution in [2.45, 2.75) is 46.0 Å². The Morgan fingerprint density at radius 1 is 0.742 bits per heavy atom. The Bertz CT molecular complexity index is 891. The van der Waals surface area contributed by atoms with Gasteiger partial charge < -0.3 is 9.47 Å². The molecule has 0 atom stereocenters. The van der Waals surface area contributed by atoms with Crippen LogP contribution in [-0.4, -0.2) is 24.8 Å². The molecule has 0 amide bonds. The van der Waals surface area contributed by atoms with Crippen molar-refractivity contribution >= 4 is 11.6 Å². The quantitative estimate of drug-likeness (QED) is 0.405. The first-order valence-corrected chi connectivity index (χ1v) is 10.5. The van der Waals surface area contributed by atoms with Crippen molar-refractivity contribution in [3.8, 4) is 11.5 Å². The molecule has 0 heterocycles. The van der Waals surface area contributed by atoms with Crippen molar-refractivity contribution < 1.29 is 19.1 Å². The molecule has 0 aliphatic carbocycles. The fourth-order valence-corrected chi connectivity index (χ4v) is 3.30. The van der Waals surface area contributed by atoms with Gasteiger partial charge in [0.1, 0.15) is 11.5 Å². The number of ketones is 2. The third-order valence-electron chi connectivity index (χ3n) is 5.25. The molecule has 4 heteroatoms. The number of Topliss-reactive ketones (excluding diaryl/α,β-unsaturated/α-hetero) is 2. The number of para-hydroxylation sites is 2. The Morgan fingerprint density at radius 2 is 1.10 bits per heavy atom. The summed E-state index contributed by atoms with van der Waals surface area (Å²) in [5.41, 5.74) is 2.63. The minimum atomic E-state index is -0.427. The molecule has 2 aromatic rings. The molecular weight excluding hydrogens is 388 g/mol. The summed E-state index contributed by atoms with van der Waals surface area (Å²) in [6, 6.07) is 15.7. The van der Waals surface area contributed by atoms with Gasteiger partial charge in [0.2, 0.25) is 0 Å². The number of hydrogen-bond acceptors (Lipinski definition) is 4. The van der Waals surface area contributed by atoms with Gasteiger partial charge in [0.15, 0.2) is 11.6 Å². The lowest BCUT2D eigenvalue weighted by atomic mass is 9.77. The highest BCUT2D eigenvalue weighted by atomic mass is 16.5. The van der Waals surface area contributed by atoms with Crippen LogP contribution in [0.25, 0.3) is 0 Å². The van der Waals surface area contributed by atoms with E-state index in [0.717, 1.165) is 22.6 Å². The van der Waals surface area contributed by atoms with Gasteiger partial charge in [0.05, 0.1) is 13.2 Å². The lowest BCUT2D eigenvalue weighted by Gasteiger charge is -2.30. The fraction of sp³-hybridized carbons (Fsp3) is 0.333. The van der Waals surface area contributed by atoms with Gasteiger partial charge in [0.25, 0.3) is 0 Å². The highest BCUT2D eigenvalue weighted by Gasteiger charge is 2.29. The third kappa shape index (κ3) is 6.42. The highest BCUT2D eigenvalue weighted by Crippen LogP contribution is 2.41. The molecule has 0 bridgehead atoms. The normalized spacial score (nSPS) is 11.0. The molecule has 4 nitrogen and oxygen atoms in total. The van der Waals surface area contributed by atoms with Crippen molar-refractivity contribution in [2.75, 3.05) is 13.2 Å². The van der Waals surface area contributed by atoms with Crippen LogP contribution >= 0.6 is 0 Å². The number of allylic oxidation sites excluding steroid dienone is 2. The van der Waals surface area contributed by atoms with E-state index in [0.29, 0.717) is 37.2 Å². The third-order valence-corrected chi connectivity index (χ3v) is 5.25. The molecule has 0 radical (unpaired) electrons. The summed E-state index contributed by atoms with van der Waals surface area (Å²) in [4.78, 5) is 23.7. The van der Waals surface area contributed by atoms with Crippen LogP contribution in [0.4, 0.5) is 0 Å². The Labute approximate surface area is 185 Å². The van der Waals surface area contributed by atoms with Crippen LogP contribution in [0.1, 0.15) is 51.7 Å². The first-order chi connectivity index (χ1) is 14.6. The molecule has 2 aromatic carbocycles. The van der Waals surface area contributed by atoms with Crippen molar-refractivity contribution in [2.24, 2.45) is 0 Å². The van der Waals surface area contributed by atoms with Gasteiger partial charge in [-0.3, -0.25) is 9.59 Å². The maximum Gasteiger partial charge on any atom is 0.161 e. The lowest BCUT2D eigenvalue weighted by Crippen LogP contribution is -2.22. The van der Waals surface area contributed by atoms with Crippen LogP contribution in [0, 0.1) is 0 Å². The minimum absolute atomic E-state index is 0.000190. The summed E-state index contributed by atoms with van der Waals surface area (Å²) in [6.07, 6.45) is 0.584. The Kier molecular flexibility index (Phi) is 8.38. The summed E-state index contributed by atoms with van der Waals surface area (Å²) >= 11 is 0. The van der Waals surface area contributed by atoms with Gasteiger partial charge in [-0.05, 0) is 37.1 Å². The molecule has 0 saturated carbocycles. The highest BCUT2D eigenvalue weighted by molar-refractivity contribution is 5.94. The van der Waals surface area contributed by atoms with Gasteiger partial charge in [-0.25, -0.2) is 0 Å². The van der Waals surface area contributed by atoms with Gasteiger partial charge in [-0.15, -0.1) is 0 Å². The van der Waals surface area contributed by atoms with E-state index in [4.69, 9.17) is 9.47 Å². The Hall–Kier alpha value is -3.14. The number of rotatable bonds is 12. The molecule has 31 heavy (non-hydrogen) atoms. The molecule has 0 saturated heterocycles. The summed E-state index contributed by atoms with van der Waals surface area (Å²) in [7, 11) is 0. The van der Waals surface area contributed by atoms with E-state index in [-0.39, 0.29) is 11.6 Å². The van der Waals surface area contributed by atoms with Crippen molar-refractivity contribution in [1.82, 2.24) is 0 Å². The zero-order valence-corrected chi connectivity index (χ0v) is 19.0. The minimum Gasteiger partial charge on any atom is -0.493 e. The molecule has 0 N–H and O–H groups in total. The van der Waals surface area contributed by atoms with Crippen molar-refractivity contribution in [3.63, 3.8) is 0 Å². The van der Waals surface area contributed by atoms with E-state index in [9.17, 15) is 9.59 Å². The monoisotopic (exact) mass is 420 g/mol. The molecular formula is C27H32O4. The average molecular weight is 421 g/mol. The van der Waals surface area contributed by atoms with Gasteiger partial charge in [0, 0.05) is 29.4 Å². The van der Waals surface area contributed by atoms with E-state index >= 15 is 0 Å². The summed E-state index contributed by atoms with van der Waals surface area (Å²) in [5.74, 6) is 1.46. The fourth-order valence-electron chi connectivity index (χ4n) is 3.30. The largest absolute Gasteiger partial charge is 0.493 e. The van der Waals surface area contributed by atoms with Crippen LogP contribution in [-0.2, 0) is 15.0 Å². The summed E-state index contributed by atoms with van der Waals surface area (Å²) in [5, 5.41) is 0. The Morgan fingerprint density at radius 3 is 1.45 bits per heavy atom. The van der Waals surface area contributed by atoms with Crippen LogP contribution in [0.15, 0.2) is 72.8 Å². The second kappa shape index (κ2) is 10.8. The van der Waals surface area contributed by atoms with Crippen LogP contribution in [0.5, 0.6) is 11.5 Å². The summed E-state index contributed by atoms with van der Waals surface area (Å²) < 4.78 is 12.0. The van der Waals surface area contributed by atoms with E-state index in [1.54, 1.807) is 13.8 Å². The molecule has 164 valence electrons. The molecule has 0 spiro atoms. The predicted molar refractivity (Wildman–Crippen MR) is 125 cm³/mol. The van der Waals surface area contributed by atoms with Crippen molar-refractivity contribution in [3.05, 3.63) is 84.0 Å². The second-order valence-electron chi connectivity index (χ2n) is 8.22. The predicted octanol–water partition coefficient (Wildman–Crippen LogP) is 5.84. The first-order valence-electron chi connectivity index (χ1n) is 10.5. The number of benzene rings is 2. The number of carbonyl (C=O) groups is 2. The van der Waals surface area contributed by atoms with Crippen molar-refractivity contribution in [1.29, 1.82) is 0 Å². The standard InChI is InChI=1S/C27H32O4/c1-19(2)23(28)15-17-30-25-13-9-7-11-21(25)27(5,6)22-12-8-10-14-26(22)31-18-16-24(29)20(3)4/h7-14H,1,3,15-18H2,2,4-6H3. The maximum atomic E-state index is 11.8. The van der Waals surface area contributed by atoms with Gasteiger partial charge in [-0.2, -0.15) is 0 Å². The van der Waals surface area contributed by atoms with Crippen LogP contribution in [0.3, 0.4) is 0 Å². The zero-order chi connectivity index (χ0) is 23.0. The molecule has 2 rings (SSSR count). The molecule has 0 aromatic heterocycles. The molecule has 0 aliphatic rings. The lowest BCUT2D eigenvalue weighted by molar-refractivity contribution is -0.116. The van der Waals surface area contributed by atoms with Gasteiger partial charge >= 0.3 is 0 Å². The van der Waals surface area contributed by atoms with E-state index in [1.165, 1.54) is 0 Å². The average Bonchev–Trinajstić information content (AvgIpc) is 2.74. The van der Waals surface area contributed by atoms with Crippen LogP contribution in [0.2, 0.25) is 0 Å². The number of carbonyl (C=O) groups excluding carboxylic acids is 2. The smallest absolute Gasteiger partial charge is 0.161 e. The molecule has 0 fully saturated rings. The molecule has 0 unspecified atom stereocenters. The zero-order valence-electron chi connectivity index (χ0n) is 19.0. The van der Waals surface area contributed by atoms with E-state index in [2.05, 4.69) is 27.0 Å². The van der Waals surface area contributed by atoms with Gasteiger partial charge in [-0.1, -0.05) is 63.4 Å². The summed E-state index contributed by atoms with van der Waals surface area (Å²) in [6.45, 7) is 15.6.